The van der Waals surface area contributed by atoms with Gasteiger partial charge in [-0.15, -0.1) is 0 Å². The second-order valence-electron chi connectivity index (χ2n) is 6.70. The van der Waals surface area contributed by atoms with Crippen LogP contribution in [0.25, 0.3) is 22.6 Å². The third-order valence-corrected chi connectivity index (χ3v) is 4.84. The van der Waals surface area contributed by atoms with Gasteiger partial charge in [-0.05, 0) is 25.1 Å². The van der Waals surface area contributed by atoms with Gasteiger partial charge in [0, 0.05) is 43.0 Å². The van der Waals surface area contributed by atoms with Crippen LogP contribution in [-0.2, 0) is 0 Å². The van der Waals surface area contributed by atoms with Crippen LogP contribution in [0.15, 0.2) is 73.3 Å². The average molecular weight is 384 g/mol. The van der Waals surface area contributed by atoms with Crippen molar-refractivity contribution in [2.75, 3.05) is 7.05 Å². The highest BCUT2D eigenvalue weighted by Gasteiger charge is 2.21. The van der Waals surface area contributed by atoms with E-state index in [9.17, 15) is 4.79 Å². The molecule has 4 aromatic rings. The molecule has 0 saturated heterocycles. The summed E-state index contributed by atoms with van der Waals surface area (Å²) in [4.78, 5) is 27.2. The smallest absolute Gasteiger partial charge is 0.257 e. The van der Waals surface area contributed by atoms with Crippen molar-refractivity contribution < 1.29 is 4.79 Å². The van der Waals surface area contributed by atoms with E-state index < -0.39 is 0 Å². The molecule has 0 aliphatic rings. The van der Waals surface area contributed by atoms with E-state index in [2.05, 4.69) is 25.1 Å². The van der Waals surface area contributed by atoms with Crippen LogP contribution in [0.2, 0.25) is 0 Å². The number of pyridine rings is 1. The van der Waals surface area contributed by atoms with Crippen LogP contribution in [0.3, 0.4) is 0 Å². The Balaban J connectivity index is 1.49. The number of amides is 1. The molecule has 1 atom stereocenters. The third kappa shape index (κ3) is 3.89. The molecular weight excluding hydrogens is 364 g/mol. The minimum absolute atomic E-state index is 0.161. The molecule has 0 unspecified atom stereocenters. The molecule has 1 N–H and O–H groups in total. The summed E-state index contributed by atoms with van der Waals surface area (Å²) in [5.41, 5.74) is 3.95. The molecule has 0 saturated carbocycles. The number of carbonyl (C=O) groups excluding carboxylic acids is 1. The lowest BCUT2D eigenvalue weighted by atomic mass is 10.1. The van der Waals surface area contributed by atoms with Gasteiger partial charge in [-0.1, -0.05) is 30.3 Å². The first kappa shape index (κ1) is 18.5. The summed E-state index contributed by atoms with van der Waals surface area (Å²) >= 11 is 0. The second-order valence-corrected chi connectivity index (χ2v) is 6.70. The van der Waals surface area contributed by atoms with Crippen molar-refractivity contribution in [2.45, 2.75) is 13.0 Å². The Morgan fingerprint density at radius 1 is 1.00 bits per heavy atom. The van der Waals surface area contributed by atoms with Crippen molar-refractivity contribution in [3.05, 3.63) is 84.6 Å². The first-order valence-corrected chi connectivity index (χ1v) is 9.24. The van der Waals surface area contributed by atoms with Gasteiger partial charge in [0.05, 0.1) is 23.0 Å². The molecule has 29 heavy (non-hydrogen) atoms. The van der Waals surface area contributed by atoms with Gasteiger partial charge in [0.25, 0.3) is 5.91 Å². The summed E-state index contributed by atoms with van der Waals surface area (Å²) in [6.45, 7) is 1.95. The summed E-state index contributed by atoms with van der Waals surface area (Å²) in [7, 11) is 1.76. The normalized spacial score (nSPS) is 11.8. The largest absolute Gasteiger partial charge is 0.333 e. The molecule has 3 heterocycles. The SMILES string of the molecule is C[C@H](c1cc(-c2ccccc2)n[nH]1)N(C)C(=O)c1cnc(-c2cccnc2)nc1. The Kier molecular flexibility index (Phi) is 5.11. The predicted molar refractivity (Wildman–Crippen MR) is 110 cm³/mol. The average Bonchev–Trinajstić information content (AvgIpc) is 3.29. The molecule has 0 fully saturated rings. The first-order chi connectivity index (χ1) is 14.1. The Labute approximate surface area is 168 Å². The van der Waals surface area contributed by atoms with Crippen molar-refractivity contribution >= 4 is 5.91 Å². The van der Waals surface area contributed by atoms with Crippen molar-refractivity contribution in [1.29, 1.82) is 0 Å². The van der Waals surface area contributed by atoms with E-state index in [4.69, 9.17) is 0 Å². The zero-order valence-electron chi connectivity index (χ0n) is 16.1. The number of nitrogens with one attached hydrogen (secondary N) is 1. The van der Waals surface area contributed by atoms with Crippen LogP contribution in [0.1, 0.15) is 29.0 Å². The lowest BCUT2D eigenvalue weighted by Gasteiger charge is -2.23. The Morgan fingerprint density at radius 2 is 1.72 bits per heavy atom. The van der Waals surface area contributed by atoms with E-state index in [0.29, 0.717) is 11.4 Å². The molecule has 4 rings (SSSR count). The summed E-state index contributed by atoms with van der Waals surface area (Å²) in [6.07, 6.45) is 6.47. The fourth-order valence-corrected chi connectivity index (χ4v) is 2.98. The monoisotopic (exact) mass is 384 g/mol. The van der Waals surface area contributed by atoms with Crippen LogP contribution >= 0.6 is 0 Å². The summed E-state index contributed by atoms with van der Waals surface area (Å²) in [5.74, 6) is 0.373. The molecule has 0 bridgehead atoms. The zero-order chi connectivity index (χ0) is 20.2. The summed E-state index contributed by atoms with van der Waals surface area (Å²) in [5, 5.41) is 7.41. The number of hydrogen-bond acceptors (Lipinski definition) is 5. The quantitative estimate of drug-likeness (QED) is 0.566. The number of benzene rings is 1. The molecule has 0 aliphatic carbocycles. The Bertz CT molecular complexity index is 1090. The van der Waals surface area contributed by atoms with Gasteiger partial charge >= 0.3 is 0 Å². The number of aromatic amines is 1. The van der Waals surface area contributed by atoms with Gasteiger partial charge in [-0.3, -0.25) is 14.9 Å². The van der Waals surface area contributed by atoms with Crippen molar-refractivity contribution in [1.82, 2.24) is 30.0 Å². The molecular formula is C22H20N6O. The minimum atomic E-state index is -0.189. The van der Waals surface area contributed by atoms with Gasteiger partial charge in [0.15, 0.2) is 5.82 Å². The molecule has 0 radical (unpaired) electrons. The topological polar surface area (TPSA) is 87.7 Å². The summed E-state index contributed by atoms with van der Waals surface area (Å²) < 4.78 is 0. The minimum Gasteiger partial charge on any atom is -0.333 e. The highest BCUT2D eigenvalue weighted by Crippen LogP contribution is 2.24. The van der Waals surface area contributed by atoms with Gasteiger partial charge in [0.1, 0.15) is 0 Å². The predicted octanol–water partition coefficient (Wildman–Crippen LogP) is 3.76. The van der Waals surface area contributed by atoms with E-state index in [-0.39, 0.29) is 11.9 Å². The Hall–Kier alpha value is -3.87. The highest BCUT2D eigenvalue weighted by atomic mass is 16.2. The van der Waals surface area contributed by atoms with E-state index in [1.54, 1.807) is 36.7 Å². The maximum Gasteiger partial charge on any atom is 0.257 e. The van der Waals surface area contributed by atoms with Gasteiger partial charge in [-0.25, -0.2) is 9.97 Å². The number of carbonyl (C=O) groups is 1. The fraction of sp³-hybridized carbons (Fsp3) is 0.136. The molecule has 0 spiro atoms. The number of H-pyrrole nitrogens is 1. The van der Waals surface area contributed by atoms with Crippen LogP contribution in [0.4, 0.5) is 0 Å². The van der Waals surface area contributed by atoms with E-state index in [1.165, 1.54) is 0 Å². The molecule has 7 nitrogen and oxygen atoms in total. The zero-order valence-corrected chi connectivity index (χ0v) is 16.1. The fourth-order valence-electron chi connectivity index (χ4n) is 2.98. The summed E-state index contributed by atoms with van der Waals surface area (Å²) in [6, 6.07) is 15.4. The number of aromatic nitrogens is 5. The molecule has 7 heteroatoms. The van der Waals surface area contributed by atoms with E-state index >= 15 is 0 Å². The van der Waals surface area contributed by atoms with E-state index in [1.807, 2.05) is 55.5 Å². The van der Waals surface area contributed by atoms with Crippen molar-refractivity contribution in [3.63, 3.8) is 0 Å². The van der Waals surface area contributed by atoms with Crippen LogP contribution in [0.5, 0.6) is 0 Å². The molecule has 144 valence electrons. The van der Waals surface area contributed by atoms with Gasteiger partial charge in [-0.2, -0.15) is 5.10 Å². The molecule has 1 aromatic carbocycles. The standard InChI is InChI=1S/C22H20N6O/c1-15(19-11-20(27-26-19)16-7-4-3-5-8-16)28(2)22(29)18-13-24-21(25-14-18)17-9-6-10-23-12-17/h3-15H,1-2H3,(H,26,27)/t15-/m1/s1. The lowest BCUT2D eigenvalue weighted by Crippen LogP contribution is -2.30. The van der Waals surface area contributed by atoms with Crippen molar-refractivity contribution in [2.24, 2.45) is 0 Å². The Morgan fingerprint density at radius 3 is 2.41 bits per heavy atom. The molecule has 3 aromatic heterocycles. The maximum absolute atomic E-state index is 12.9. The van der Waals surface area contributed by atoms with Crippen LogP contribution < -0.4 is 0 Å². The number of hydrogen-bond donors (Lipinski definition) is 1. The van der Waals surface area contributed by atoms with Crippen molar-refractivity contribution in [3.8, 4) is 22.6 Å². The first-order valence-electron chi connectivity index (χ1n) is 9.24. The molecule has 0 aliphatic heterocycles. The van der Waals surface area contributed by atoms with Gasteiger partial charge < -0.3 is 4.90 Å². The number of rotatable bonds is 5. The lowest BCUT2D eigenvalue weighted by molar-refractivity contribution is 0.0739. The third-order valence-electron chi connectivity index (χ3n) is 4.84. The number of nitrogens with zero attached hydrogens (tertiary/aromatic N) is 5. The highest BCUT2D eigenvalue weighted by molar-refractivity contribution is 5.93. The van der Waals surface area contributed by atoms with Gasteiger partial charge in [0.2, 0.25) is 0 Å². The van der Waals surface area contributed by atoms with Crippen LogP contribution in [0, 0.1) is 0 Å². The van der Waals surface area contributed by atoms with E-state index in [0.717, 1.165) is 22.5 Å². The maximum atomic E-state index is 12.9. The second kappa shape index (κ2) is 8.02. The molecule has 1 amide bonds. The van der Waals surface area contributed by atoms with Crippen LogP contribution in [-0.4, -0.2) is 43.0 Å².